The van der Waals surface area contributed by atoms with E-state index in [-0.39, 0.29) is 5.91 Å². The molecule has 0 aliphatic carbocycles. The third-order valence-electron chi connectivity index (χ3n) is 5.07. The molecular formula is C25H19BrCl2N2O2S. The molecule has 0 unspecified atom stereocenters. The number of benzene rings is 3. The fourth-order valence-corrected chi connectivity index (χ4v) is 5.09. The van der Waals surface area contributed by atoms with Gasteiger partial charge in [-0.2, -0.15) is 0 Å². The van der Waals surface area contributed by atoms with Crippen molar-refractivity contribution >= 4 is 79.4 Å². The topological polar surface area (TPSA) is 41.9 Å². The highest BCUT2D eigenvalue weighted by molar-refractivity contribution is 9.10. The number of hydrogen-bond acceptors (Lipinski definition) is 4. The number of nitrogens with zero attached hydrogens (tertiary/aromatic N) is 2. The molecule has 1 heterocycles. The Kier molecular flexibility index (Phi) is 7.19. The number of carbonyl (C=O) groups excluding carboxylic acids is 1. The first kappa shape index (κ1) is 23.9. The molecule has 1 amide bonds. The van der Waals surface area contributed by atoms with Gasteiger partial charge in [-0.1, -0.05) is 41.4 Å². The van der Waals surface area contributed by atoms with Crippen molar-refractivity contribution in [2.24, 2.45) is 4.99 Å². The highest BCUT2D eigenvalue weighted by atomic mass is 79.9. The number of amides is 1. The van der Waals surface area contributed by atoms with Gasteiger partial charge in [-0.3, -0.25) is 9.69 Å². The van der Waals surface area contributed by atoms with Crippen LogP contribution in [0.3, 0.4) is 0 Å². The standard InChI is InChI=1S/C25H19BrCl2N2O2S/c1-14-4-7-17(12-20(14)27)29-25-30(18-8-5-15(2)21(28)13-18)24(31)23(33-25)11-16-6-9-22(32-3)19(26)10-16/h4-13H,1-3H3/b23-11+,29-25?. The van der Waals surface area contributed by atoms with E-state index in [0.717, 1.165) is 26.9 Å². The molecule has 1 aliphatic heterocycles. The van der Waals surface area contributed by atoms with E-state index in [4.69, 9.17) is 32.9 Å². The van der Waals surface area contributed by atoms with Crippen molar-refractivity contribution in [3.8, 4) is 5.75 Å². The van der Waals surface area contributed by atoms with Crippen LogP contribution in [-0.2, 0) is 4.79 Å². The first-order valence-corrected chi connectivity index (χ1v) is 12.3. The summed E-state index contributed by atoms with van der Waals surface area (Å²) in [5.41, 5.74) is 4.07. The van der Waals surface area contributed by atoms with Gasteiger partial charge in [0.25, 0.3) is 5.91 Å². The largest absolute Gasteiger partial charge is 0.496 e. The number of amidine groups is 1. The quantitative estimate of drug-likeness (QED) is 0.301. The number of aliphatic imine (C=N–C) groups is 1. The molecule has 1 saturated heterocycles. The second kappa shape index (κ2) is 9.94. The Bertz CT molecular complexity index is 1320. The van der Waals surface area contributed by atoms with Crippen LogP contribution in [0, 0.1) is 13.8 Å². The van der Waals surface area contributed by atoms with E-state index >= 15 is 0 Å². The lowest BCUT2D eigenvalue weighted by Crippen LogP contribution is -2.28. The van der Waals surface area contributed by atoms with Crippen LogP contribution in [0.15, 0.2) is 69.0 Å². The molecule has 168 valence electrons. The first-order chi connectivity index (χ1) is 15.8. The van der Waals surface area contributed by atoms with Gasteiger partial charge in [0.15, 0.2) is 5.17 Å². The molecule has 0 bridgehead atoms. The molecule has 0 aromatic heterocycles. The van der Waals surface area contributed by atoms with Gasteiger partial charge >= 0.3 is 0 Å². The summed E-state index contributed by atoms with van der Waals surface area (Å²) in [6, 6.07) is 16.7. The maximum Gasteiger partial charge on any atom is 0.271 e. The molecule has 1 aliphatic rings. The van der Waals surface area contributed by atoms with E-state index in [0.29, 0.717) is 31.5 Å². The molecule has 0 radical (unpaired) electrons. The van der Waals surface area contributed by atoms with Gasteiger partial charge in [0.2, 0.25) is 0 Å². The number of aryl methyl sites for hydroxylation is 2. The summed E-state index contributed by atoms with van der Waals surface area (Å²) in [6.45, 7) is 3.85. The Morgan fingerprint density at radius 2 is 1.70 bits per heavy atom. The van der Waals surface area contributed by atoms with E-state index in [1.165, 1.54) is 11.8 Å². The van der Waals surface area contributed by atoms with E-state index in [9.17, 15) is 4.79 Å². The van der Waals surface area contributed by atoms with Crippen LogP contribution in [0.25, 0.3) is 6.08 Å². The zero-order valence-corrected chi connectivity index (χ0v) is 21.9. The van der Waals surface area contributed by atoms with Crippen molar-refractivity contribution in [2.45, 2.75) is 13.8 Å². The van der Waals surface area contributed by atoms with Gasteiger partial charge in [0, 0.05) is 10.0 Å². The maximum atomic E-state index is 13.5. The third-order valence-corrected chi connectivity index (χ3v) is 7.48. The van der Waals surface area contributed by atoms with Gasteiger partial charge in [0.05, 0.1) is 27.9 Å². The van der Waals surface area contributed by atoms with Crippen molar-refractivity contribution in [1.29, 1.82) is 0 Å². The highest BCUT2D eigenvalue weighted by Crippen LogP contribution is 2.39. The Labute approximate surface area is 215 Å². The first-order valence-electron chi connectivity index (χ1n) is 9.95. The molecule has 3 aromatic carbocycles. The molecule has 3 aromatic rings. The van der Waals surface area contributed by atoms with Crippen LogP contribution >= 0.6 is 50.9 Å². The van der Waals surface area contributed by atoms with E-state index in [1.807, 2.05) is 62.4 Å². The minimum atomic E-state index is -0.177. The fraction of sp³-hybridized carbons (Fsp3) is 0.120. The summed E-state index contributed by atoms with van der Waals surface area (Å²) >= 11 is 17.5. The summed E-state index contributed by atoms with van der Waals surface area (Å²) in [7, 11) is 1.61. The molecule has 0 atom stereocenters. The zero-order chi connectivity index (χ0) is 23.7. The van der Waals surface area contributed by atoms with Gasteiger partial charge in [0.1, 0.15) is 5.75 Å². The molecule has 1 fully saturated rings. The summed E-state index contributed by atoms with van der Waals surface area (Å²) in [6.07, 6.45) is 1.84. The van der Waals surface area contributed by atoms with Crippen molar-refractivity contribution in [3.63, 3.8) is 0 Å². The minimum absolute atomic E-state index is 0.177. The number of hydrogen-bond donors (Lipinski definition) is 0. The lowest BCUT2D eigenvalue weighted by Gasteiger charge is -2.16. The van der Waals surface area contributed by atoms with Crippen LogP contribution in [0.1, 0.15) is 16.7 Å². The fourth-order valence-electron chi connectivity index (χ4n) is 3.18. The lowest BCUT2D eigenvalue weighted by atomic mass is 10.2. The van der Waals surface area contributed by atoms with Gasteiger partial charge < -0.3 is 4.74 Å². The van der Waals surface area contributed by atoms with Crippen molar-refractivity contribution in [1.82, 2.24) is 0 Å². The molecule has 0 spiro atoms. The number of rotatable bonds is 4. The van der Waals surface area contributed by atoms with Gasteiger partial charge in [-0.05, 0) is 101 Å². The summed E-state index contributed by atoms with van der Waals surface area (Å²) in [5, 5.41) is 1.73. The average molecular weight is 562 g/mol. The second-order valence-electron chi connectivity index (χ2n) is 7.41. The Balaban J connectivity index is 1.79. The molecule has 8 heteroatoms. The molecule has 4 rings (SSSR count). The predicted molar refractivity (Wildman–Crippen MR) is 143 cm³/mol. The zero-order valence-electron chi connectivity index (χ0n) is 18.0. The normalized spacial score (nSPS) is 16.2. The van der Waals surface area contributed by atoms with Crippen LogP contribution in [0.4, 0.5) is 11.4 Å². The number of carbonyl (C=O) groups is 1. The summed E-state index contributed by atoms with van der Waals surface area (Å²) in [5.74, 6) is 0.542. The molecule has 0 saturated carbocycles. The number of methoxy groups -OCH3 is 1. The summed E-state index contributed by atoms with van der Waals surface area (Å²) < 4.78 is 6.10. The molecule has 4 nitrogen and oxygen atoms in total. The highest BCUT2D eigenvalue weighted by Gasteiger charge is 2.35. The smallest absolute Gasteiger partial charge is 0.271 e. The number of halogens is 3. The number of thioether (sulfide) groups is 1. The third kappa shape index (κ3) is 5.14. The Hall–Kier alpha value is -2.25. The Morgan fingerprint density at radius 3 is 2.33 bits per heavy atom. The van der Waals surface area contributed by atoms with Crippen LogP contribution < -0.4 is 9.64 Å². The lowest BCUT2D eigenvalue weighted by molar-refractivity contribution is -0.113. The van der Waals surface area contributed by atoms with Gasteiger partial charge in [-0.25, -0.2) is 4.99 Å². The Morgan fingerprint density at radius 1 is 1.00 bits per heavy atom. The van der Waals surface area contributed by atoms with Crippen LogP contribution in [0.2, 0.25) is 10.0 Å². The molecule has 33 heavy (non-hydrogen) atoms. The average Bonchev–Trinajstić information content (AvgIpc) is 3.07. The second-order valence-corrected chi connectivity index (χ2v) is 10.1. The monoisotopic (exact) mass is 560 g/mol. The SMILES string of the molecule is COc1ccc(/C=C2/SC(=Nc3ccc(C)c(Cl)c3)N(c3ccc(C)c(Cl)c3)C2=O)cc1Br. The summed E-state index contributed by atoms with van der Waals surface area (Å²) in [4.78, 5) is 20.4. The van der Waals surface area contributed by atoms with Crippen LogP contribution in [0.5, 0.6) is 5.75 Å². The number of ether oxygens (including phenoxy) is 1. The van der Waals surface area contributed by atoms with Crippen molar-refractivity contribution in [2.75, 3.05) is 12.0 Å². The molecular weight excluding hydrogens is 543 g/mol. The minimum Gasteiger partial charge on any atom is -0.496 e. The van der Waals surface area contributed by atoms with E-state index < -0.39 is 0 Å². The van der Waals surface area contributed by atoms with Crippen LogP contribution in [-0.4, -0.2) is 18.2 Å². The maximum absolute atomic E-state index is 13.5. The number of anilines is 1. The molecule has 0 N–H and O–H groups in total. The van der Waals surface area contributed by atoms with E-state index in [1.54, 1.807) is 24.1 Å². The predicted octanol–water partition coefficient (Wildman–Crippen LogP) is 8.19. The van der Waals surface area contributed by atoms with Gasteiger partial charge in [-0.15, -0.1) is 0 Å². The van der Waals surface area contributed by atoms with Crippen molar-refractivity contribution in [3.05, 3.63) is 90.7 Å². The van der Waals surface area contributed by atoms with E-state index in [2.05, 4.69) is 15.9 Å². The van der Waals surface area contributed by atoms with Crippen molar-refractivity contribution < 1.29 is 9.53 Å².